The van der Waals surface area contributed by atoms with Crippen LogP contribution in [0.4, 0.5) is 0 Å². The third kappa shape index (κ3) is 5.83. The summed E-state index contributed by atoms with van der Waals surface area (Å²) in [4.78, 5) is 7.33. The molecule has 0 bridgehead atoms. The van der Waals surface area contributed by atoms with Crippen molar-refractivity contribution in [2.75, 3.05) is 14.1 Å². The van der Waals surface area contributed by atoms with E-state index in [1.807, 2.05) is 0 Å². The fourth-order valence-corrected chi connectivity index (χ4v) is 4.42. The zero-order chi connectivity index (χ0) is 24.1. The Morgan fingerprint density at radius 1 is 0.909 bits per heavy atom. The van der Waals surface area contributed by atoms with E-state index in [1.54, 1.807) is 0 Å². The van der Waals surface area contributed by atoms with Gasteiger partial charge in [0.2, 0.25) is 0 Å². The van der Waals surface area contributed by atoms with Crippen molar-refractivity contribution in [3.05, 3.63) is 81.5 Å². The number of hydrogen-bond acceptors (Lipinski definition) is 3. The topological polar surface area (TPSA) is 25.4 Å². The monoisotopic (exact) mass is 444 g/mol. The molecule has 0 unspecified atom stereocenters. The van der Waals surface area contributed by atoms with Crippen LogP contribution in [-0.4, -0.2) is 24.0 Å². The number of nitrogens with zero attached hydrogens (tertiary/aromatic N) is 2. The zero-order valence-corrected chi connectivity index (χ0v) is 21.7. The van der Waals surface area contributed by atoms with Crippen molar-refractivity contribution in [3.8, 4) is 17.0 Å². The van der Waals surface area contributed by atoms with Crippen LogP contribution >= 0.6 is 0 Å². The fourth-order valence-electron chi connectivity index (χ4n) is 4.42. The summed E-state index contributed by atoms with van der Waals surface area (Å²) in [6, 6.07) is 15.5. The Kier molecular flexibility index (Phi) is 8.31. The van der Waals surface area contributed by atoms with Gasteiger partial charge in [-0.25, -0.2) is 0 Å². The van der Waals surface area contributed by atoms with Crippen molar-refractivity contribution in [3.63, 3.8) is 0 Å². The molecule has 176 valence electrons. The number of ether oxygens (including phenoxy) is 1. The Hall–Kier alpha value is -2.65. The highest BCUT2D eigenvalue weighted by Crippen LogP contribution is 2.31. The SMILES string of the molecule is CCc1cccc(CC)c1-c1cc(CN(C)C)c(COc2cc(C(C)C)ccc2C)c(C)n1. The van der Waals surface area contributed by atoms with Crippen molar-refractivity contribution < 1.29 is 4.74 Å². The summed E-state index contributed by atoms with van der Waals surface area (Å²) in [5.74, 6) is 1.44. The van der Waals surface area contributed by atoms with Gasteiger partial charge in [0.15, 0.2) is 0 Å². The summed E-state index contributed by atoms with van der Waals surface area (Å²) < 4.78 is 6.39. The smallest absolute Gasteiger partial charge is 0.123 e. The van der Waals surface area contributed by atoms with E-state index in [-0.39, 0.29) is 0 Å². The first kappa shape index (κ1) is 25.0. The molecule has 0 N–H and O–H groups in total. The average Bonchev–Trinajstić information content (AvgIpc) is 2.78. The molecular formula is C30H40N2O. The molecule has 0 spiro atoms. The molecular weight excluding hydrogens is 404 g/mol. The molecule has 3 heteroatoms. The first-order valence-electron chi connectivity index (χ1n) is 12.2. The number of aryl methyl sites for hydroxylation is 4. The predicted octanol–water partition coefficient (Wildman–Crippen LogP) is 7.25. The van der Waals surface area contributed by atoms with Gasteiger partial charge in [-0.15, -0.1) is 0 Å². The quantitative estimate of drug-likeness (QED) is 0.347. The van der Waals surface area contributed by atoms with Gasteiger partial charge in [0.25, 0.3) is 0 Å². The predicted molar refractivity (Wildman–Crippen MR) is 140 cm³/mol. The highest BCUT2D eigenvalue weighted by atomic mass is 16.5. The van der Waals surface area contributed by atoms with Gasteiger partial charge in [0.05, 0.1) is 5.69 Å². The minimum Gasteiger partial charge on any atom is -0.489 e. The van der Waals surface area contributed by atoms with Crippen molar-refractivity contribution in [2.45, 2.75) is 73.5 Å². The highest BCUT2D eigenvalue weighted by molar-refractivity contribution is 5.69. The molecule has 1 heterocycles. The Morgan fingerprint density at radius 3 is 2.15 bits per heavy atom. The van der Waals surface area contributed by atoms with Crippen LogP contribution in [0.2, 0.25) is 0 Å². The van der Waals surface area contributed by atoms with E-state index in [0.717, 1.165) is 36.5 Å². The van der Waals surface area contributed by atoms with Crippen molar-refractivity contribution in [1.82, 2.24) is 9.88 Å². The van der Waals surface area contributed by atoms with E-state index in [1.165, 1.54) is 38.9 Å². The van der Waals surface area contributed by atoms with Gasteiger partial charge in [0, 0.05) is 23.4 Å². The van der Waals surface area contributed by atoms with E-state index >= 15 is 0 Å². The molecule has 0 fully saturated rings. The van der Waals surface area contributed by atoms with E-state index in [0.29, 0.717) is 12.5 Å². The van der Waals surface area contributed by atoms with Crippen molar-refractivity contribution in [2.24, 2.45) is 0 Å². The van der Waals surface area contributed by atoms with Crippen LogP contribution < -0.4 is 4.74 Å². The molecule has 0 aliphatic rings. The van der Waals surface area contributed by atoms with Crippen LogP contribution in [0, 0.1) is 13.8 Å². The molecule has 0 amide bonds. The molecule has 1 aromatic heterocycles. The second-order valence-electron chi connectivity index (χ2n) is 9.60. The van der Waals surface area contributed by atoms with Crippen LogP contribution in [0.25, 0.3) is 11.3 Å². The van der Waals surface area contributed by atoms with E-state index in [2.05, 4.69) is 103 Å². The number of benzene rings is 2. The molecule has 2 aromatic carbocycles. The largest absolute Gasteiger partial charge is 0.489 e. The van der Waals surface area contributed by atoms with Gasteiger partial charge >= 0.3 is 0 Å². The molecule has 0 saturated carbocycles. The minimum absolute atomic E-state index is 0.478. The molecule has 3 nitrogen and oxygen atoms in total. The van der Waals surface area contributed by atoms with Crippen LogP contribution in [0.15, 0.2) is 42.5 Å². The summed E-state index contributed by atoms with van der Waals surface area (Å²) in [5.41, 5.74) is 11.1. The zero-order valence-electron chi connectivity index (χ0n) is 21.7. The van der Waals surface area contributed by atoms with E-state index < -0.39 is 0 Å². The maximum atomic E-state index is 6.39. The van der Waals surface area contributed by atoms with Crippen LogP contribution in [-0.2, 0) is 26.0 Å². The summed E-state index contributed by atoms with van der Waals surface area (Å²) in [7, 11) is 4.24. The average molecular weight is 445 g/mol. The summed E-state index contributed by atoms with van der Waals surface area (Å²) in [6.45, 7) is 14.5. The maximum absolute atomic E-state index is 6.39. The lowest BCUT2D eigenvalue weighted by Gasteiger charge is -2.21. The van der Waals surface area contributed by atoms with Gasteiger partial charge in [-0.05, 0) is 86.7 Å². The van der Waals surface area contributed by atoms with Crippen LogP contribution in [0.5, 0.6) is 5.75 Å². The molecule has 0 aliphatic carbocycles. The number of rotatable bonds is 9. The molecule has 0 radical (unpaired) electrons. The molecule has 0 aliphatic heterocycles. The number of pyridine rings is 1. The van der Waals surface area contributed by atoms with Gasteiger partial charge < -0.3 is 9.64 Å². The lowest BCUT2D eigenvalue weighted by atomic mass is 9.93. The summed E-state index contributed by atoms with van der Waals surface area (Å²) in [6.07, 6.45) is 2.01. The summed E-state index contributed by atoms with van der Waals surface area (Å²) in [5, 5.41) is 0. The molecule has 3 aromatic rings. The van der Waals surface area contributed by atoms with Crippen LogP contribution in [0.3, 0.4) is 0 Å². The molecule has 33 heavy (non-hydrogen) atoms. The maximum Gasteiger partial charge on any atom is 0.123 e. The van der Waals surface area contributed by atoms with Gasteiger partial charge in [-0.1, -0.05) is 58.0 Å². The standard InChI is InChI=1S/C30H40N2O/c1-9-23-12-11-13-24(10-2)30(23)28-16-26(18-32(7)8)27(22(6)31-28)19-33-29-17-25(20(3)4)15-14-21(29)5/h11-17,20H,9-10,18-19H2,1-8H3. The minimum atomic E-state index is 0.478. The lowest BCUT2D eigenvalue weighted by Crippen LogP contribution is -2.15. The molecule has 3 rings (SSSR count). The third-order valence-corrected chi connectivity index (χ3v) is 6.42. The van der Waals surface area contributed by atoms with Crippen LogP contribution in [0.1, 0.15) is 72.7 Å². The Bertz CT molecular complexity index is 1080. The lowest BCUT2D eigenvalue weighted by molar-refractivity contribution is 0.298. The molecule has 0 saturated heterocycles. The fraction of sp³-hybridized carbons (Fsp3) is 0.433. The second kappa shape index (κ2) is 11.0. The normalized spacial score (nSPS) is 11.5. The van der Waals surface area contributed by atoms with Crippen molar-refractivity contribution >= 4 is 0 Å². The first-order chi connectivity index (χ1) is 15.7. The Labute approximate surface area is 200 Å². The Balaban J connectivity index is 2.03. The van der Waals surface area contributed by atoms with Gasteiger partial charge in [-0.2, -0.15) is 0 Å². The number of hydrogen-bond donors (Lipinski definition) is 0. The van der Waals surface area contributed by atoms with E-state index in [4.69, 9.17) is 9.72 Å². The number of aromatic nitrogens is 1. The molecule has 0 atom stereocenters. The first-order valence-corrected chi connectivity index (χ1v) is 12.2. The van der Waals surface area contributed by atoms with Gasteiger partial charge in [0.1, 0.15) is 12.4 Å². The van der Waals surface area contributed by atoms with Gasteiger partial charge in [-0.3, -0.25) is 4.98 Å². The Morgan fingerprint density at radius 2 is 1.58 bits per heavy atom. The highest BCUT2D eigenvalue weighted by Gasteiger charge is 2.17. The van der Waals surface area contributed by atoms with E-state index in [9.17, 15) is 0 Å². The second-order valence-corrected chi connectivity index (χ2v) is 9.60. The third-order valence-electron chi connectivity index (χ3n) is 6.42. The summed E-state index contributed by atoms with van der Waals surface area (Å²) >= 11 is 0. The van der Waals surface area contributed by atoms with Crippen molar-refractivity contribution in [1.29, 1.82) is 0 Å².